The van der Waals surface area contributed by atoms with E-state index in [4.69, 9.17) is 0 Å². The van der Waals surface area contributed by atoms with E-state index in [0.717, 1.165) is 0 Å². The van der Waals surface area contributed by atoms with Crippen molar-refractivity contribution in [1.82, 2.24) is 0 Å². The molecule has 0 bridgehead atoms. The summed E-state index contributed by atoms with van der Waals surface area (Å²) in [5.74, 6) is 0. The third-order valence-electron chi connectivity index (χ3n) is 0.607. The van der Waals surface area contributed by atoms with Gasteiger partial charge in [0.15, 0.2) is 0 Å². The number of rotatable bonds is 0. The van der Waals surface area contributed by atoms with E-state index in [1.807, 2.05) is 0 Å². The fourth-order valence-electron chi connectivity index (χ4n) is 0.342. The Balaban J connectivity index is 2.77. The van der Waals surface area contributed by atoms with Crippen LogP contribution in [0, 0.1) is 0 Å². The summed E-state index contributed by atoms with van der Waals surface area (Å²) in [5, 5.41) is 0. The molecule has 0 aliphatic carbocycles. The topological polar surface area (TPSA) is 0 Å². The van der Waals surface area contributed by atoms with Crippen molar-refractivity contribution in [2.45, 2.75) is 0 Å². The summed E-state index contributed by atoms with van der Waals surface area (Å²) in [6.07, 6.45) is 6.36. The predicted molar refractivity (Wildman–Crippen MR) is 31.5 cm³/mol. The Morgan fingerprint density at radius 2 is 2.00 bits per heavy atom. The van der Waals surface area contributed by atoms with Crippen molar-refractivity contribution in [3.63, 3.8) is 0 Å². The van der Waals surface area contributed by atoms with Crippen LogP contribution in [0.1, 0.15) is 0 Å². The summed E-state index contributed by atoms with van der Waals surface area (Å²) in [4.78, 5) is 0. The normalized spacial score (nSPS) is 16.0. The van der Waals surface area contributed by atoms with Crippen LogP contribution in [0.5, 0.6) is 0 Å². The van der Waals surface area contributed by atoms with Crippen molar-refractivity contribution in [2.24, 2.45) is 0 Å². The van der Waals surface area contributed by atoms with Crippen LogP contribution in [0.15, 0.2) is 22.0 Å². The van der Waals surface area contributed by atoms with Crippen LogP contribution in [0.25, 0.3) is 0 Å². The molecule has 1 aliphatic heterocycles. The van der Waals surface area contributed by atoms with E-state index in [1.165, 1.54) is 0 Å². The second-order valence-corrected chi connectivity index (χ2v) is 4.96. The second kappa shape index (κ2) is 2.41. The third kappa shape index (κ3) is 1.14. The first-order chi connectivity index (χ1) is 3.00. The molecule has 0 atom stereocenters. The first kappa shape index (κ1) is 4.39. The predicted octanol–water partition coefficient (Wildman–Crippen LogP) is 0.309. The van der Waals surface area contributed by atoms with E-state index >= 15 is 0 Å². The third-order valence-corrected chi connectivity index (χ3v) is 3.60. The Kier molecular flexibility index (Phi) is 1.77. The molecular weight excluding hydrogens is 269 g/mol. The molecule has 1 heterocycles. The van der Waals surface area contributed by atoms with E-state index in [0.29, 0.717) is 0 Å². The Hall–Kier alpha value is 0.233. The zero-order valence-corrected chi connectivity index (χ0v) is 7.27. The van der Waals surface area contributed by atoms with Gasteiger partial charge in [-0.15, -0.1) is 0 Å². The zero-order chi connectivity index (χ0) is 4.24. The van der Waals surface area contributed by atoms with Gasteiger partial charge in [-0.05, 0) is 0 Å². The van der Waals surface area contributed by atoms with Gasteiger partial charge in [0.25, 0.3) is 0 Å². The van der Waals surface area contributed by atoms with Crippen LogP contribution >= 0.6 is 0 Å². The van der Waals surface area contributed by atoms with Crippen molar-refractivity contribution in [2.75, 3.05) is 0 Å². The molecule has 0 aromatic carbocycles. The van der Waals surface area contributed by atoms with Crippen LogP contribution in [-0.2, 0) is 0 Å². The van der Waals surface area contributed by atoms with Gasteiger partial charge in [0, 0.05) is 0 Å². The van der Waals surface area contributed by atoms with Crippen molar-refractivity contribution >= 4 is 26.5 Å². The van der Waals surface area contributed by atoms with Crippen LogP contribution in [0.4, 0.5) is 0 Å². The molecule has 0 nitrogen and oxygen atoms in total. The van der Waals surface area contributed by atoms with Gasteiger partial charge < -0.3 is 0 Å². The molecule has 0 fully saturated rings. The molecule has 1 heteroatoms. The second-order valence-electron chi connectivity index (χ2n) is 1.08. The van der Waals surface area contributed by atoms with E-state index in [1.54, 1.807) is 0 Å². The molecule has 0 saturated heterocycles. The average Bonchev–Trinajstić information content (AvgIpc) is 1.72. The molecule has 0 unspecified atom stereocenters. The maximum absolute atomic E-state index is 2.32. The van der Waals surface area contributed by atoms with Crippen molar-refractivity contribution in [1.29, 1.82) is 0 Å². The van der Waals surface area contributed by atoms with Gasteiger partial charge in [-0.1, -0.05) is 0 Å². The van der Waals surface area contributed by atoms with Crippen LogP contribution in [0.2, 0.25) is 0 Å². The van der Waals surface area contributed by atoms with E-state index in [-0.39, 0.29) is 22.8 Å². The maximum atomic E-state index is 2.32. The molecule has 0 amide bonds. The van der Waals surface area contributed by atoms with Crippen molar-refractivity contribution in [3.05, 3.63) is 22.0 Å². The van der Waals surface area contributed by atoms with E-state index in [2.05, 4.69) is 25.7 Å². The van der Waals surface area contributed by atoms with Gasteiger partial charge in [0.05, 0.1) is 0 Å². The summed E-state index contributed by atoms with van der Waals surface area (Å²) < 4.78 is 4.64. The van der Waals surface area contributed by atoms with Crippen molar-refractivity contribution < 1.29 is 0 Å². The Morgan fingerprint density at radius 1 is 1.00 bits per heavy atom. The molecule has 0 saturated carbocycles. The van der Waals surface area contributed by atoms with Gasteiger partial charge in [-0.2, -0.15) is 0 Å². The summed E-state index contributed by atoms with van der Waals surface area (Å²) >= 11 is -0.280. The van der Waals surface area contributed by atoms with Gasteiger partial charge >= 0.3 is 48.5 Å². The standard InChI is InChI=1S/C5H5.Bi.H/c1-3-5-4-2;;/h1-5H;;/q;+1;. The zero-order valence-electron chi connectivity index (χ0n) is 3.39. The fourth-order valence-corrected chi connectivity index (χ4v) is 2.50. The Labute approximate surface area is 48.6 Å². The molecule has 0 spiro atoms. The minimum atomic E-state index is -0.280. The first-order valence-electron chi connectivity index (χ1n) is 1.91. The summed E-state index contributed by atoms with van der Waals surface area (Å²) in [6.45, 7) is 0. The van der Waals surface area contributed by atoms with Gasteiger partial charge in [0.2, 0.25) is 0 Å². The molecule has 0 radical (unpaired) electrons. The van der Waals surface area contributed by atoms with E-state index < -0.39 is 0 Å². The summed E-state index contributed by atoms with van der Waals surface area (Å²) in [5.41, 5.74) is 0. The molecule has 0 aromatic rings. The quantitative estimate of drug-likeness (QED) is 0.558. The first-order valence-corrected chi connectivity index (χ1v) is 6.40. The van der Waals surface area contributed by atoms with Gasteiger partial charge in [0.1, 0.15) is 0 Å². The molecular formula is C5H6Bi+. The number of hydrogen-bond donors (Lipinski definition) is 0. The number of hydrogen-bond acceptors (Lipinski definition) is 0. The van der Waals surface area contributed by atoms with E-state index in [9.17, 15) is 0 Å². The van der Waals surface area contributed by atoms with Crippen LogP contribution < -0.4 is 0 Å². The Bertz CT molecular complexity index is 73.3. The van der Waals surface area contributed by atoms with Crippen molar-refractivity contribution in [3.8, 4) is 0 Å². The molecule has 0 aromatic heterocycles. The summed E-state index contributed by atoms with van der Waals surface area (Å²) in [7, 11) is 0. The van der Waals surface area contributed by atoms with Crippen LogP contribution in [0.3, 0.4) is 0 Å². The number of allylic oxidation sites excluding steroid dienone is 3. The molecule has 1 rings (SSSR count). The minimum absolute atomic E-state index is 0.280. The fraction of sp³-hybridized carbons (Fsp3) is 0. The average molecular weight is 275 g/mol. The molecule has 30 valence electrons. The van der Waals surface area contributed by atoms with Gasteiger partial charge in [-0.3, -0.25) is 0 Å². The molecule has 6 heavy (non-hydrogen) atoms. The summed E-state index contributed by atoms with van der Waals surface area (Å²) in [6, 6.07) is 0. The van der Waals surface area contributed by atoms with Crippen LogP contribution in [-0.4, -0.2) is 26.5 Å². The Morgan fingerprint density at radius 3 is 2.17 bits per heavy atom. The van der Waals surface area contributed by atoms with Gasteiger partial charge in [-0.25, -0.2) is 0 Å². The molecule has 1 aliphatic rings. The monoisotopic (exact) mass is 275 g/mol. The molecule has 0 N–H and O–H groups in total. The SMILES string of the molecule is C1=C[CH]=[BiH+][CH]=C1.